The van der Waals surface area contributed by atoms with E-state index in [0.29, 0.717) is 12.2 Å². The fourth-order valence-electron chi connectivity index (χ4n) is 2.97. The fraction of sp³-hybridized carbons (Fsp3) is 0.733. The number of aromatic nitrogens is 2. The molecule has 4 heteroatoms. The first-order valence-electron chi connectivity index (χ1n) is 7.37. The third kappa shape index (κ3) is 2.89. The average Bonchev–Trinajstić information content (AvgIpc) is 2.80. The molecule has 0 aromatic carbocycles. The maximum atomic E-state index is 12.7. The Balaban J connectivity index is 2.12. The molecule has 19 heavy (non-hydrogen) atoms. The summed E-state index contributed by atoms with van der Waals surface area (Å²) in [4.78, 5) is 12.7. The first-order chi connectivity index (χ1) is 9.11. The van der Waals surface area contributed by atoms with Gasteiger partial charge in [-0.2, -0.15) is 5.10 Å². The van der Waals surface area contributed by atoms with Crippen molar-refractivity contribution in [1.29, 1.82) is 0 Å². The second kappa shape index (κ2) is 5.87. The molecule has 1 aliphatic heterocycles. The summed E-state index contributed by atoms with van der Waals surface area (Å²) >= 11 is 0. The predicted molar refractivity (Wildman–Crippen MR) is 76.1 cm³/mol. The van der Waals surface area contributed by atoms with Gasteiger partial charge in [0.15, 0.2) is 0 Å². The highest BCUT2D eigenvalue weighted by Crippen LogP contribution is 2.32. The van der Waals surface area contributed by atoms with Gasteiger partial charge in [0.05, 0.1) is 5.69 Å². The number of carbonyl (C=O) groups excluding carboxylic acids is 1. The summed E-state index contributed by atoms with van der Waals surface area (Å²) in [5.41, 5.74) is 1.95. The number of hydrogen-bond donors (Lipinski definition) is 1. The summed E-state index contributed by atoms with van der Waals surface area (Å²) in [6, 6.07) is 2.07. The number of carbonyl (C=O) groups is 1. The highest BCUT2D eigenvalue weighted by atomic mass is 16.1. The Bertz CT molecular complexity index is 444. The molecule has 1 aromatic rings. The molecule has 1 fully saturated rings. The Hall–Kier alpha value is -1.16. The number of aryl methyl sites for hydroxylation is 2. The van der Waals surface area contributed by atoms with Crippen LogP contribution in [0.5, 0.6) is 0 Å². The molecule has 1 atom stereocenters. The van der Waals surface area contributed by atoms with Crippen molar-refractivity contribution in [3.05, 3.63) is 17.5 Å². The standard InChI is InChI=1S/C15H25N3O/c1-4-12-9-13(18(3)17-12)10-14(19)15(5-2)7-6-8-16-11-15/h9,16H,4-8,10-11H2,1-3H3. The highest BCUT2D eigenvalue weighted by Gasteiger charge is 2.37. The summed E-state index contributed by atoms with van der Waals surface area (Å²) in [6.45, 7) is 6.10. The Morgan fingerprint density at radius 1 is 1.53 bits per heavy atom. The van der Waals surface area contributed by atoms with Crippen LogP contribution in [0.4, 0.5) is 0 Å². The lowest BCUT2D eigenvalue weighted by Gasteiger charge is -2.35. The van der Waals surface area contributed by atoms with Crippen LogP contribution in [0.3, 0.4) is 0 Å². The fourth-order valence-corrected chi connectivity index (χ4v) is 2.97. The van der Waals surface area contributed by atoms with Crippen LogP contribution in [0.15, 0.2) is 6.07 Å². The summed E-state index contributed by atoms with van der Waals surface area (Å²) in [7, 11) is 1.93. The van der Waals surface area contributed by atoms with E-state index in [9.17, 15) is 4.79 Å². The third-order valence-electron chi connectivity index (χ3n) is 4.47. The van der Waals surface area contributed by atoms with Gasteiger partial charge in [-0.05, 0) is 38.3 Å². The number of piperidine rings is 1. The van der Waals surface area contributed by atoms with Crippen LogP contribution < -0.4 is 5.32 Å². The van der Waals surface area contributed by atoms with Crippen molar-refractivity contribution in [2.24, 2.45) is 12.5 Å². The number of ketones is 1. The first kappa shape index (κ1) is 14.3. The zero-order valence-electron chi connectivity index (χ0n) is 12.3. The molecule has 1 aromatic heterocycles. The zero-order valence-corrected chi connectivity index (χ0v) is 12.3. The van der Waals surface area contributed by atoms with Crippen LogP contribution in [-0.4, -0.2) is 28.7 Å². The molecule has 0 bridgehead atoms. The van der Waals surface area contributed by atoms with Gasteiger partial charge < -0.3 is 5.32 Å². The highest BCUT2D eigenvalue weighted by molar-refractivity contribution is 5.87. The number of hydrogen-bond acceptors (Lipinski definition) is 3. The van der Waals surface area contributed by atoms with Crippen molar-refractivity contribution in [3.63, 3.8) is 0 Å². The minimum atomic E-state index is -0.158. The van der Waals surface area contributed by atoms with E-state index < -0.39 is 0 Å². The molecule has 106 valence electrons. The zero-order chi connectivity index (χ0) is 13.9. The second-order valence-electron chi connectivity index (χ2n) is 5.62. The van der Waals surface area contributed by atoms with Crippen molar-refractivity contribution in [1.82, 2.24) is 15.1 Å². The van der Waals surface area contributed by atoms with Gasteiger partial charge in [0, 0.05) is 31.1 Å². The largest absolute Gasteiger partial charge is 0.316 e. The van der Waals surface area contributed by atoms with Crippen LogP contribution in [0.25, 0.3) is 0 Å². The molecule has 0 aliphatic carbocycles. The third-order valence-corrected chi connectivity index (χ3v) is 4.47. The maximum Gasteiger partial charge on any atom is 0.146 e. The molecule has 4 nitrogen and oxygen atoms in total. The van der Waals surface area contributed by atoms with Crippen molar-refractivity contribution in [2.45, 2.75) is 46.0 Å². The monoisotopic (exact) mass is 263 g/mol. The first-order valence-corrected chi connectivity index (χ1v) is 7.37. The molecule has 0 radical (unpaired) electrons. The predicted octanol–water partition coefficient (Wildman–Crippen LogP) is 1.87. The number of rotatable bonds is 5. The van der Waals surface area contributed by atoms with Gasteiger partial charge in [0.1, 0.15) is 5.78 Å². The Morgan fingerprint density at radius 2 is 2.32 bits per heavy atom. The average molecular weight is 263 g/mol. The summed E-state index contributed by atoms with van der Waals surface area (Å²) in [5, 5.41) is 7.81. The SMILES string of the molecule is CCc1cc(CC(=O)C2(CC)CCCNC2)n(C)n1. The number of nitrogens with zero attached hydrogens (tertiary/aromatic N) is 2. The quantitative estimate of drug-likeness (QED) is 0.882. The molecule has 1 saturated heterocycles. The minimum Gasteiger partial charge on any atom is -0.316 e. The van der Waals surface area contributed by atoms with Gasteiger partial charge in [-0.1, -0.05) is 13.8 Å². The lowest BCUT2D eigenvalue weighted by Crippen LogP contribution is -2.45. The topological polar surface area (TPSA) is 46.9 Å². The number of nitrogens with one attached hydrogen (secondary N) is 1. The van der Waals surface area contributed by atoms with Crippen LogP contribution in [0, 0.1) is 5.41 Å². The van der Waals surface area contributed by atoms with Crippen molar-refractivity contribution in [3.8, 4) is 0 Å². The number of Topliss-reactive ketones (excluding diaryl/α,β-unsaturated/α-hetero) is 1. The molecular weight excluding hydrogens is 238 g/mol. The Morgan fingerprint density at radius 3 is 2.84 bits per heavy atom. The van der Waals surface area contributed by atoms with Gasteiger partial charge in [-0.15, -0.1) is 0 Å². The van der Waals surface area contributed by atoms with Crippen molar-refractivity contribution in [2.75, 3.05) is 13.1 Å². The van der Waals surface area contributed by atoms with E-state index in [2.05, 4.69) is 30.3 Å². The van der Waals surface area contributed by atoms with Crippen molar-refractivity contribution < 1.29 is 4.79 Å². The molecule has 0 amide bonds. The normalized spacial score (nSPS) is 23.5. The van der Waals surface area contributed by atoms with Gasteiger partial charge >= 0.3 is 0 Å². The molecule has 2 rings (SSSR count). The molecule has 1 N–H and O–H groups in total. The second-order valence-corrected chi connectivity index (χ2v) is 5.62. The van der Waals surface area contributed by atoms with Gasteiger partial charge in [0.25, 0.3) is 0 Å². The van der Waals surface area contributed by atoms with E-state index in [1.54, 1.807) is 0 Å². The summed E-state index contributed by atoms with van der Waals surface area (Å²) < 4.78 is 1.86. The maximum absolute atomic E-state index is 12.7. The molecular formula is C15H25N3O. The van der Waals surface area contributed by atoms with E-state index in [4.69, 9.17) is 0 Å². The Kier molecular flexibility index (Phi) is 4.40. The van der Waals surface area contributed by atoms with Gasteiger partial charge in [-0.3, -0.25) is 9.48 Å². The molecule has 2 heterocycles. The lowest BCUT2D eigenvalue weighted by atomic mass is 9.73. The smallest absolute Gasteiger partial charge is 0.146 e. The van der Waals surface area contributed by atoms with Crippen molar-refractivity contribution >= 4 is 5.78 Å². The molecule has 0 spiro atoms. The molecule has 1 unspecified atom stereocenters. The minimum absolute atomic E-state index is 0.158. The van der Waals surface area contributed by atoms with E-state index in [1.807, 2.05) is 11.7 Å². The van der Waals surface area contributed by atoms with Crippen LogP contribution in [0.1, 0.15) is 44.5 Å². The lowest BCUT2D eigenvalue weighted by molar-refractivity contribution is -0.129. The van der Waals surface area contributed by atoms with E-state index in [-0.39, 0.29) is 5.41 Å². The summed E-state index contributed by atoms with van der Waals surface area (Å²) in [6.07, 6.45) is 4.48. The van der Waals surface area contributed by atoms with Crippen LogP contribution in [-0.2, 0) is 24.7 Å². The van der Waals surface area contributed by atoms with Crippen LogP contribution in [0.2, 0.25) is 0 Å². The van der Waals surface area contributed by atoms with E-state index in [0.717, 1.165) is 50.2 Å². The molecule has 1 aliphatic rings. The van der Waals surface area contributed by atoms with E-state index >= 15 is 0 Å². The molecule has 0 saturated carbocycles. The summed E-state index contributed by atoms with van der Waals surface area (Å²) in [5.74, 6) is 0.368. The Labute approximate surface area is 115 Å². The van der Waals surface area contributed by atoms with Gasteiger partial charge in [0.2, 0.25) is 0 Å². The van der Waals surface area contributed by atoms with Gasteiger partial charge in [-0.25, -0.2) is 0 Å². The van der Waals surface area contributed by atoms with Crippen LogP contribution >= 0.6 is 0 Å². The van der Waals surface area contributed by atoms with E-state index in [1.165, 1.54) is 0 Å².